The number of ether oxygens (including phenoxy) is 2. The van der Waals surface area contributed by atoms with E-state index in [4.69, 9.17) is 9.47 Å². The van der Waals surface area contributed by atoms with Gasteiger partial charge in [-0.05, 0) is 33.1 Å². The van der Waals surface area contributed by atoms with Gasteiger partial charge in [-0.25, -0.2) is 0 Å². The van der Waals surface area contributed by atoms with Gasteiger partial charge in [0.05, 0.1) is 12.2 Å². The third-order valence-electron chi connectivity index (χ3n) is 2.68. The number of aliphatic hydroxyl groups excluding tert-OH is 1. The number of hydrogen-bond donors (Lipinski definition) is 1. The van der Waals surface area contributed by atoms with Gasteiger partial charge in [-0.2, -0.15) is 0 Å². The monoisotopic (exact) mass is 188 g/mol. The van der Waals surface area contributed by atoms with E-state index >= 15 is 0 Å². The van der Waals surface area contributed by atoms with Crippen LogP contribution in [-0.4, -0.2) is 36.6 Å². The van der Waals surface area contributed by atoms with E-state index in [9.17, 15) is 5.11 Å². The van der Waals surface area contributed by atoms with Crippen molar-refractivity contribution >= 4 is 0 Å². The molecule has 1 aliphatic rings. The van der Waals surface area contributed by atoms with E-state index in [1.165, 1.54) is 0 Å². The zero-order valence-corrected chi connectivity index (χ0v) is 8.58. The smallest absolute Gasteiger partial charge is 0.106 e. The van der Waals surface area contributed by atoms with Gasteiger partial charge in [-0.3, -0.25) is 0 Å². The molecule has 2 atom stereocenters. The molecular formula is C10H20O3. The van der Waals surface area contributed by atoms with Crippen LogP contribution in [0.1, 0.15) is 33.1 Å². The van der Waals surface area contributed by atoms with E-state index in [0.29, 0.717) is 13.2 Å². The van der Waals surface area contributed by atoms with Gasteiger partial charge in [-0.15, -0.1) is 0 Å². The molecule has 0 amide bonds. The van der Waals surface area contributed by atoms with Gasteiger partial charge in [0.1, 0.15) is 6.10 Å². The zero-order valence-electron chi connectivity index (χ0n) is 8.58. The Hall–Kier alpha value is -0.120. The van der Waals surface area contributed by atoms with Crippen LogP contribution in [0.3, 0.4) is 0 Å². The normalized spacial score (nSPS) is 31.6. The molecule has 0 aromatic rings. The fourth-order valence-corrected chi connectivity index (χ4v) is 1.62. The summed E-state index contributed by atoms with van der Waals surface area (Å²) in [6, 6.07) is 0. The lowest BCUT2D eigenvalue weighted by molar-refractivity contribution is -0.153. The molecule has 0 aromatic carbocycles. The maximum Gasteiger partial charge on any atom is 0.106 e. The molecule has 0 aromatic heterocycles. The summed E-state index contributed by atoms with van der Waals surface area (Å²) < 4.78 is 10.8. The maximum absolute atomic E-state index is 9.81. The Morgan fingerprint density at radius 1 is 1.54 bits per heavy atom. The molecule has 1 saturated heterocycles. The molecule has 0 radical (unpaired) electrons. The van der Waals surface area contributed by atoms with Crippen LogP contribution in [0.15, 0.2) is 0 Å². The van der Waals surface area contributed by atoms with Crippen LogP contribution in [0.5, 0.6) is 0 Å². The lowest BCUT2D eigenvalue weighted by Gasteiger charge is -2.37. The van der Waals surface area contributed by atoms with Crippen LogP contribution >= 0.6 is 0 Å². The number of hydrogen-bond acceptors (Lipinski definition) is 3. The van der Waals surface area contributed by atoms with E-state index in [1.807, 2.05) is 13.8 Å². The first-order valence-electron chi connectivity index (χ1n) is 5.09. The lowest BCUT2D eigenvalue weighted by atomic mass is 9.90. The highest BCUT2D eigenvalue weighted by Gasteiger charge is 2.35. The van der Waals surface area contributed by atoms with Crippen molar-refractivity contribution in [1.82, 2.24) is 0 Å². The van der Waals surface area contributed by atoms with E-state index in [-0.39, 0.29) is 5.60 Å². The van der Waals surface area contributed by atoms with Crippen LogP contribution < -0.4 is 0 Å². The van der Waals surface area contributed by atoms with E-state index in [0.717, 1.165) is 25.9 Å². The minimum atomic E-state index is -0.493. The average Bonchev–Trinajstić information content (AvgIpc) is 2.15. The van der Waals surface area contributed by atoms with Gasteiger partial charge >= 0.3 is 0 Å². The molecular weight excluding hydrogens is 168 g/mol. The molecule has 13 heavy (non-hydrogen) atoms. The molecule has 0 aliphatic carbocycles. The van der Waals surface area contributed by atoms with E-state index < -0.39 is 6.10 Å². The summed E-state index contributed by atoms with van der Waals surface area (Å²) in [5, 5.41) is 9.81. The average molecular weight is 188 g/mol. The lowest BCUT2D eigenvalue weighted by Crippen LogP contribution is -2.46. The van der Waals surface area contributed by atoms with Crippen molar-refractivity contribution in [1.29, 1.82) is 0 Å². The molecule has 1 rings (SSSR count). The molecule has 1 fully saturated rings. The Kier molecular flexibility index (Phi) is 4.16. The van der Waals surface area contributed by atoms with Gasteiger partial charge < -0.3 is 14.6 Å². The summed E-state index contributed by atoms with van der Waals surface area (Å²) in [7, 11) is 0. The van der Waals surface area contributed by atoms with Crippen molar-refractivity contribution in [2.24, 2.45) is 0 Å². The summed E-state index contributed by atoms with van der Waals surface area (Å²) in [5.41, 5.74) is -0.382. The largest absolute Gasteiger partial charge is 0.388 e. The molecule has 3 nitrogen and oxygen atoms in total. The molecule has 0 spiro atoms. The second-order valence-electron chi connectivity index (χ2n) is 3.79. The van der Waals surface area contributed by atoms with Crippen LogP contribution in [0, 0.1) is 0 Å². The first-order chi connectivity index (χ1) is 6.19. The van der Waals surface area contributed by atoms with Crippen LogP contribution in [0.4, 0.5) is 0 Å². The SMILES string of the molecule is CCOCC(O)C1(C)CCCCO1. The Bertz CT molecular complexity index is 141. The molecule has 78 valence electrons. The minimum absolute atomic E-state index is 0.382. The Balaban J connectivity index is 2.37. The molecule has 1 N–H and O–H groups in total. The predicted molar refractivity (Wildman–Crippen MR) is 50.7 cm³/mol. The molecule has 3 heteroatoms. The molecule has 2 unspecified atom stereocenters. The molecule has 0 bridgehead atoms. The number of rotatable bonds is 4. The van der Waals surface area contributed by atoms with Crippen molar-refractivity contribution in [3.63, 3.8) is 0 Å². The highest BCUT2D eigenvalue weighted by molar-refractivity contribution is 4.86. The third-order valence-corrected chi connectivity index (χ3v) is 2.68. The van der Waals surface area contributed by atoms with Crippen molar-refractivity contribution in [2.75, 3.05) is 19.8 Å². The first kappa shape index (κ1) is 11.0. The van der Waals surface area contributed by atoms with Gasteiger partial charge in [0, 0.05) is 13.2 Å². The summed E-state index contributed by atoms with van der Waals surface area (Å²) >= 11 is 0. The van der Waals surface area contributed by atoms with Crippen LogP contribution in [-0.2, 0) is 9.47 Å². The van der Waals surface area contributed by atoms with Crippen LogP contribution in [0.25, 0.3) is 0 Å². The van der Waals surface area contributed by atoms with Crippen molar-refractivity contribution in [3.05, 3.63) is 0 Å². The molecule has 0 saturated carbocycles. The summed E-state index contributed by atoms with van der Waals surface area (Å²) in [5.74, 6) is 0. The second-order valence-corrected chi connectivity index (χ2v) is 3.79. The highest BCUT2D eigenvalue weighted by atomic mass is 16.5. The second kappa shape index (κ2) is 4.94. The van der Waals surface area contributed by atoms with Crippen molar-refractivity contribution in [3.8, 4) is 0 Å². The predicted octanol–water partition coefficient (Wildman–Crippen LogP) is 1.34. The fraction of sp³-hybridized carbons (Fsp3) is 1.00. The fourth-order valence-electron chi connectivity index (χ4n) is 1.62. The quantitative estimate of drug-likeness (QED) is 0.723. The van der Waals surface area contributed by atoms with Crippen molar-refractivity contribution < 1.29 is 14.6 Å². The highest BCUT2D eigenvalue weighted by Crippen LogP contribution is 2.27. The minimum Gasteiger partial charge on any atom is -0.388 e. The van der Waals surface area contributed by atoms with Gasteiger partial charge in [-0.1, -0.05) is 0 Å². The summed E-state index contributed by atoms with van der Waals surface area (Å²) in [6.07, 6.45) is 2.69. The molecule has 1 heterocycles. The maximum atomic E-state index is 9.81. The Labute approximate surface area is 80.0 Å². The Morgan fingerprint density at radius 2 is 2.31 bits per heavy atom. The van der Waals surface area contributed by atoms with Gasteiger partial charge in [0.2, 0.25) is 0 Å². The number of aliphatic hydroxyl groups is 1. The zero-order chi connectivity index (χ0) is 9.73. The summed E-state index contributed by atoms with van der Waals surface area (Å²) in [4.78, 5) is 0. The standard InChI is InChI=1S/C10H20O3/c1-3-12-8-9(11)10(2)6-4-5-7-13-10/h9,11H,3-8H2,1-2H3. The molecule has 1 aliphatic heterocycles. The van der Waals surface area contributed by atoms with Crippen LogP contribution in [0.2, 0.25) is 0 Å². The van der Waals surface area contributed by atoms with Gasteiger partial charge in [0.25, 0.3) is 0 Å². The van der Waals surface area contributed by atoms with E-state index in [2.05, 4.69) is 0 Å². The van der Waals surface area contributed by atoms with Gasteiger partial charge in [0.15, 0.2) is 0 Å². The Morgan fingerprint density at radius 3 is 2.85 bits per heavy atom. The third kappa shape index (κ3) is 2.93. The van der Waals surface area contributed by atoms with E-state index in [1.54, 1.807) is 0 Å². The summed E-state index contributed by atoms with van der Waals surface area (Å²) in [6.45, 7) is 5.69. The topological polar surface area (TPSA) is 38.7 Å². The first-order valence-corrected chi connectivity index (χ1v) is 5.09. The van der Waals surface area contributed by atoms with Crippen molar-refractivity contribution in [2.45, 2.75) is 44.8 Å².